The van der Waals surface area contributed by atoms with Gasteiger partial charge in [0.05, 0.1) is 15.7 Å². The zero-order valence-corrected chi connectivity index (χ0v) is 21.4. The first-order chi connectivity index (χ1) is 17.4. The van der Waals surface area contributed by atoms with Crippen LogP contribution in [0.25, 0.3) is 0 Å². The van der Waals surface area contributed by atoms with Crippen LogP contribution in [-0.4, -0.2) is 21.4 Å². The molecule has 0 aliphatic carbocycles. The highest BCUT2D eigenvalue weighted by Gasteiger charge is 2.35. The number of benzene rings is 3. The summed E-state index contributed by atoms with van der Waals surface area (Å²) in [6.45, 7) is 2.16. The van der Waals surface area contributed by atoms with Crippen LogP contribution in [0.15, 0.2) is 72.1 Å². The Kier molecular flexibility index (Phi) is 8.30. The van der Waals surface area contributed by atoms with Crippen molar-refractivity contribution in [1.82, 2.24) is 14.9 Å². The molecule has 2 amide bonds. The van der Waals surface area contributed by atoms with Crippen LogP contribution in [0.4, 0.5) is 10.1 Å². The molecule has 0 radical (unpaired) electrons. The SMILES string of the molecule is CCc1ccc(C(C(=O)NCc2ccc(F)cc2)N(C(=O)c2csnn2)c2cccc(Cl)c2Cl)cc1. The van der Waals surface area contributed by atoms with Crippen molar-refractivity contribution in [2.45, 2.75) is 25.9 Å². The van der Waals surface area contributed by atoms with Gasteiger partial charge in [0.25, 0.3) is 5.91 Å². The first-order valence-electron chi connectivity index (χ1n) is 11.0. The largest absolute Gasteiger partial charge is 0.350 e. The van der Waals surface area contributed by atoms with E-state index >= 15 is 0 Å². The second kappa shape index (κ2) is 11.6. The van der Waals surface area contributed by atoms with Crippen LogP contribution in [-0.2, 0) is 17.8 Å². The van der Waals surface area contributed by atoms with Gasteiger partial charge >= 0.3 is 0 Å². The van der Waals surface area contributed by atoms with Gasteiger partial charge in [-0.2, -0.15) is 0 Å². The molecule has 10 heteroatoms. The van der Waals surface area contributed by atoms with E-state index in [1.165, 1.54) is 22.4 Å². The number of aromatic nitrogens is 2. The standard InChI is InChI=1S/C26H21Cl2FN4O2S/c1-2-16-6-10-18(11-7-16)24(25(34)30-14-17-8-12-19(29)13-9-17)33(26(35)21-15-36-32-31-21)22-5-3-4-20(27)23(22)28/h3-13,15,24H,2,14H2,1H3,(H,30,34). The van der Waals surface area contributed by atoms with Crippen molar-refractivity contribution >= 4 is 52.2 Å². The van der Waals surface area contributed by atoms with Crippen LogP contribution in [0, 0.1) is 5.82 Å². The maximum absolute atomic E-state index is 13.7. The van der Waals surface area contributed by atoms with Crippen molar-refractivity contribution in [3.8, 4) is 0 Å². The van der Waals surface area contributed by atoms with Crippen molar-refractivity contribution in [1.29, 1.82) is 0 Å². The highest BCUT2D eigenvalue weighted by molar-refractivity contribution is 7.03. The van der Waals surface area contributed by atoms with E-state index in [4.69, 9.17) is 23.2 Å². The second-order valence-electron chi connectivity index (χ2n) is 7.88. The van der Waals surface area contributed by atoms with E-state index in [0.717, 1.165) is 23.5 Å². The summed E-state index contributed by atoms with van der Waals surface area (Å²) in [5.41, 5.74) is 2.66. The van der Waals surface area contributed by atoms with E-state index < -0.39 is 17.9 Å². The van der Waals surface area contributed by atoms with E-state index in [-0.39, 0.29) is 33.8 Å². The number of carbonyl (C=O) groups excluding carboxylic acids is 2. The number of aryl methyl sites for hydroxylation is 1. The molecule has 36 heavy (non-hydrogen) atoms. The Balaban J connectivity index is 1.80. The van der Waals surface area contributed by atoms with Crippen LogP contribution >= 0.6 is 34.7 Å². The van der Waals surface area contributed by atoms with Crippen molar-refractivity contribution in [3.05, 3.63) is 110 Å². The average Bonchev–Trinajstić information content (AvgIpc) is 3.44. The van der Waals surface area contributed by atoms with Crippen molar-refractivity contribution in [3.63, 3.8) is 0 Å². The lowest BCUT2D eigenvalue weighted by Crippen LogP contribution is -2.44. The molecular formula is C26H21Cl2FN4O2S. The smallest absolute Gasteiger partial charge is 0.280 e. The van der Waals surface area contributed by atoms with Gasteiger partial charge < -0.3 is 5.32 Å². The Bertz CT molecular complexity index is 1350. The number of rotatable bonds is 8. The molecule has 184 valence electrons. The number of nitrogens with zero attached hydrogens (tertiary/aromatic N) is 3. The Labute approximate surface area is 221 Å². The minimum atomic E-state index is -1.11. The number of carbonyl (C=O) groups is 2. The summed E-state index contributed by atoms with van der Waals surface area (Å²) < 4.78 is 17.1. The zero-order chi connectivity index (χ0) is 25.7. The molecule has 3 aromatic carbocycles. The zero-order valence-electron chi connectivity index (χ0n) is 19.1. The third-order valence-electron chi connectivity index (χ3n) is 5.58. The van der Waals surface area contributed by atoms with Gasteiger partial charge in [-0.15, -0.1) is 5.10 Å². The number of hydrogen-bond acceptors (Lipinski definition) is 5. The lowest BCUT2D eigenvalue weighted by Gasteiger charge is -2.32. The van der Waals surface area contributed by atoms with Crippen LogP contribution in [0.2, 0.25) is 10.0 Å². The van der Waals surface area contributed by atoms with E-state index in [0.29, 0.717) is 11.1 Å². The first kappa shape index (κ1) is 25.8. The molecule has 0 aliphatic heterocycles. The number of nitrogens with one attached hydrogen (secondary N) is 1. The lowest BCUT2D eigenvalue weighted by atomic mass is 10.00. The van der Waals surface area contributed by atoms with Crippen LogP contribution in [0.3, 0.4) is 0 Å². The molecular weight excluding hydrogens is 522 g/mol. The summed E-state index contributed by atoms with van der Waals surface area (Å²) in [5, 5.41) is 8.63. The Morgan fingerprint density at radius 2 is 1.72 bits per heavy atom. The molecule has 0 fully saturated rings. The molecule has 4 rings (SSSR count). The Hall–Kier alpha value is -3.33. The number of halogens is 3. The van der Waals surface area contributed by atoms with Gasteiger partial charge in [-0.1, -0.05) is 77.1 Å². The molecule has 0 saturated carbocycles. The topological polar surface area (TPSA) is 75.2 Å². The van der Waals surface area contributed by atoms with Gasteiger partial charge in [0.1, 0.15) is 11.9 Å². The minimum absolute atomic E-state index is 0.0672. The predicted molar refractivity (Wildman–Crippen MR) is 140 cm³/mol. The maximum atomic E-state index is 13.7. The van der Waals surface area contributed by atoms with Crippen molar-refractivity contribution in [2.75, 3.05) is 4.90 Å². The summed E-state index contributed by atoms with van der Waals surface area (Å²) in [6.07, 6.45) is 0.814. The Morgan fingerprint density at radius 3 is 2.36 bits per heavy atom. The maximum Gasteiger partial charge on any atom is 0.280 e. The molecule has 1 heterocycles. The quantitative estimate of drug-likeness (QED) is 0.285. The number of hydrogen-bond donors (Lipinski definition) is 1. The Morgan fingerprint density at radius 1 is 1.03 bits per heavy atom. The van der Waals surface area contributed by atoms with Crippen LogP contribution < -0.4 is 10.2 Å². The molecule has 1 unspecified atom stereocenters. The average molecular weight is 543 g/mol. The van der Waals surface area contributed by atoms with Crippen LogP contribution in [0.5, 0.6) is 0 Å². The van der Waals surface area contributed by atoms with Gasteiger partial charge in [0.2, 0.25) is 5.91 Å². The summed E-state index contributed by atoms with van der Waals surface area (Å²) >= 11 is 13.8. The molecule has 1 N–H and O–H groups in total. The summed E-state index contributed by atoms with van der Waals surface area (Å²) in [7, 11) is 0. The number of amides is 2. The molecule has 0 bridgehead atoms. The molecule has 4 aromatic rings. The van der Waals surface area contributed by atoms with Crippen molar-refractivity contribution in [2.24, 2.45) is 0 Å². The molecule has 0 aliphatic rings. The van der Waals surface area contributed by atoms with Gasteiger partial charge in [-0.3, -0.25) is 14.5 Å². The molecule has 6 nitrogen and oxygen atoms in total. The van der Waals surface area contributed by atoms with E-state index in [1.54, 1.807) is 42.5 Å². The highest BCUT2D eigenvalue weighted by Crippen LogP contribution is 2.38. The van der Waals surface area contributed by atoms with Crippen molar-refractivity contribution < 1.29 is 14.0 Å². The van der Waals surface area contributed by atoms with Gasteiger partial charge in [0, 0.05) is 11.9 Å². The number of anilines is 1. The summed E-state index contributed by atoms with van der Waals surface area (Å²) in [6, 6.07) is 17.0. The first-order valence-corrected chi connectivity index (χ1v) is 12.6. The second-order valence-corrected chi connectivity index (χ2v) is 9.28. The monoisotopic (exact) mass is 542 g/mol. The molecule has 0 saturated heterocycles. The fraction of sp³-hybridized carbons (Fsp3) is 0.154. The third kappa shape index (κ3) is 5.73. The van der Waals surface area contributed by atoms with E-state index in [2.05, 4.69) is 14.9 Å². The summed E-state index contributed by atoms with van der Waals surface area (Å²) in [4.78, 5) is 28.7. The minimum Gasteiger partial charge on any atom is -0.350 e. The molecule has 1 aromatic heterocycles. The van der Waals surface area contributed by atoms with E-state index in [1.807, 2.05) is 19.1 Å². The predicted octanol–water partition coefficient (Wildman–Crippen LogP) is 6.25. The fourth-order valence-corrected chi connectivity index (χ4v) is 4.48. The van der Waals surface area contributed by atoms with Gasteiger partial charge in [-0.25, -0.2) is 4.39 Å². The highest BCUT2D eigenvalue weighted by atomic mass is 35.5. The normalized spacial score (nSPS) is 11.7. The lowest BCUT2D eigenvalue weighted by molar-refractivity contribution is -0.122. The molecule has 1 atom stereocenters. The third-order valence-corrected chi connectivity index (χ3v) is 6.89. The summed E-state index contributed by atoms with van der Waals surface area (Å²) in [5.74, 6) is -1.39. The van der Waals surface area contributed by atoms with Crippen LogP contribution in [0.1, 0.15) is 40.1 Å². The van der Waals surface area contributed by atoms with E-state index in [9.17, 15) is 14.0 Å². The fourth-order valence-electron chi connectivity index (χ4n) is 3.67. The van der Waals surface area contributed by atoms with Gasteiger partial charge in [-0.05, 0) is 58.9 Å². The van der Waals surface area contributed by atoms with Gasteiger partial charge in [0.15, 0.2) is 5.69 Å². The molecule has 0 spiro atoms.